The Balaban J connectivity index is 1.85. The molecule has 2 aromatic rings. The zero-order chi connectivity index (χ0) is 15.2. The molecule has 0 aliphatic carbocycles. The van der Waals surface area contributed by atoms with Crippen molar-refractivity contribution in [1.29, 1.82) is 0 Å². The predicted octanol–water partition coefficient (Wildman–Crippen LogP) is 2.28. The molecule has 21 heavy (non-hydrogen) atoms. The van der Waals surface area contributed by atoms with Crippen molar-refractivity contribution in [3.05, 3.63) is 30.7 Å². The van der Waals surface area contributed by atoms with E-state index in [0.717, 1.165) is 5.56 Å². The molecule has 0 fully saturated rings. The molecule has 0 saturated carbocycles. The van der Waals surface area contributed by atoms with Gasteiger partial charge >= 0.3 is 0 Å². The molecule has 112 valence electrons. The van der Waals surface area contributed by atoms with Crippen molar-refractivity contribution >= 4 is 5.91 Å². The van der Waals surface area contributed by atoms with Crippen molar-refractivity contribution in [1.82, 2.24) is 15.5 Å². The van der Waals surface area contributed by atoms with Gasteiger partial charge in [-0.2, -0.15) is 0 Å². The fourth-order valence-corrected chi connectivity index (χ4v) is 1.60. The molecule has 1 atom stereocenters. The number of hydrogen-bond donors (Lipinski definition) is 1. The van der Waals surface area contributed by atoms with E-state index in [9.17, 15) is 4.79 Å². The molecule has 0 unspecified atom stereocenters. The molecular formula is C15H19N3O3. The van der Waals surface area contributed by atoms with Gasteiger partial charge in [-0.05, 0) is 37.1 Å². The normalized spacial score (nSPS) is 12.2. The largest absolute Gasteiger partial charge is 0.484 e. The maximum absolute atomic E-state index is 11.7. The first-order valence-electron chi connectivity index (χ1n) is 6.85. The van der Waals surface area contributed by atoms with Gasteiger partial charge in [-0.3, -0.25) is 4.79 Å². The van der Waals surface area contributed by atoms with Crippen LogP contribution in [0, 0.1) is 5.92 Å². The van der Waals surface area contributed by atoms with Crippen molar-refractivity contribution < 1.29 is 13.9 Å². The Morgan fingerprint density at radius 2 is 2.00 bits per heavy atom. The zero-order valence-electron chi connectivity index (χ0n) is 12.4. The molecule has 0 aliphatic rings. The standard InChI is InChI=1S/C15H19N3O3/c1-10(2)11(3)17-14(19)8-20-13-6-4-12(5-7-13)15-18-16-9-21-15/h4-7,9-11H,8H2,1-3H3,(H,17,19)/t11-/m0/s1. The predicted molar refractivity (Wildman–Crippen MR) is 77.7 cm³/mol. The smallest absolute Gasteiger partial charge is 0.258 e. The second-order valence-electron chi connectivity index (χ2n) is 5.16. The Hall–Kier alpha value is -2.37. The van der Waals surface area contributed by atoms with Crippen molar-refractivity contribution in [2.24, 2.45) is 5.92 Å². The third-order valence-corrected chi connectivity index (χ3v) is 3.22. The molecule has 0 bridgehead atoms. The summed E-state index contributed by atoms with van der Waals surface area (Å²) < 4.78 is 10.5. The highest BCUT2D eigenvalue weighted by atomic mass is 16.5. The van der Waals surface area contributed by atoms with E-state index in [0.29, 0.717) is 17.6 Å². The van der Waals surface area contributed by atoms with Gasteiger partial charge < -0.3 is 14.5 Å². The molecule has 6 heteroatoms. The molecule has 1 N–H and O–H groups in total. The van der Waals surface area contributed by atoms with Crippen LogP contribution < -0.4 is 10.1 Å². The van der Waals surface area contributed by atoms with Crippen LogP contribution in [0.2, 0.25) is 0 Å². The van der Waals surface area contributed by atoms with E-state index >= 15 is 0 Å². The lowest BCUT2D eigenvalue weighted by atomic mass is 10.1. The quantitative estimate of drug-likeness (QED) is 0.882. The topological polar surface area (TPSA) is 77.2 Å². The van der Waals surface area contributed by atoms with Crippen LogP contribution in [0.15, 0.2) is 35.1 Å². The third kappa shape index (κ3) is 4.30. The highest BCUT2D eigenvalue weighted by Crippen LogP contribution is 2.20. The Labute approximate surface area is 123 Å². The van der Waals surface area contributed by atoms with Crippen LogP contribution in [-0.4, -0.2) is 28.8 Å². The number of aromatic nitrogens is 2. The summed E-state index contributed by atoms with van der Waals surface area (Å²) in [7, 11) is 0. The van der Waals surface area contributed by atoms with E-state index in [4.69, 9.17) is 9.15 Å². The Morgan fingerprint density at radius 1 is 1.29 bits per heavy atom. The van der Waals surface area contributed by atoms with Crippen molar-refractivity contribution in [3.63, 3.8) is 0 Å². The first kappa shape index (κ1) is 15.0. The van der Waals surface area contributed by atoms with E-state index in [1.807, 2.05) is 6.92 Å². The van der Waals surface area contributed by atoms with Gasteiger partial charge in [0.1, 0.15) is 5.75 Å². The zero-order valence-corrected chi connectivity index (χ0v) is 12.4. The number of ether oxygens (including phenoxy) is 1. The fraction of sp³-hybridized carbons (Fsp3) is 0.400. The number of carbonyl (C=O) groups is 1. The van der Waals surface area contributed by atoms with E-state index in [-0.39, 0.29) is 18.6 Å². The van der Waals surface area contributed by atoms with E-state index in [2.05, 4.69) is 29.4 Å². The number of nitrogens with one attached hydrogen (secondary N) is 1. The second-order valence-corrected chi connectivity index (χ2v) is 5.16. The van der Waals surface area contributed by atoms with Gasteiger partial charge in [0, 0.05) is 11.6 Å². The molecule has 1 amide bonds. The molecule has 1 aromatic heterocycles. The minimum absolute atomic E-state index is 0.00301. The minimum atomic E-state index is -0.128. The Kier molecular flexibility index (Phi) is 4.92. The SMILES string of the molecule is CC(C)[C@H](C)NC(=O)COc1ccc(-c2nnco2)cc1. The van der Waals surface area contributed by atoms with Crippen molar-refractivity contribution in [3.8, 4) is 17.2 Å². The average Bonchev–Trinajstić information content (AvgIpc) is 2.99. The highest BCUT2D eigenvalue weighted by molar-refractivity contribution is 5.77. The molecule has 0 radical (unpaired) electrons. The summed E-state index contributed by atoms with van der Waals surface area (Å²) >= 11 is 0. The number of carbonyl (C=O) groups excluding carboxylic acids is 1. The summed E-state index contributed by atoms with van der Waals surface area (Å²) in [5.41, 5.74) is 0.803. The van der Waals surface area contributed by atoms with E-state index in [1.165, 1.54) is 6.39 Å². The van der Waals surface area contributed by atoms with E-state index in [1.54, 1.807) is 24.3 Å². The number of amides is 1. The van der Waals surface area contributed by atoms with E-state index < -0.39 is 0 Å². The van der Waals surface area contributed by atoms with Crippen LogP contribution in [0.5, 0.6) is 5.75 Å². The maximum atomic E-state index is 11.7. The minimum Gasteiger partial charge on any atom is -0.484 e. The van der Waals surface area contributed by atoms with Gasteiger partial charge in [-0.15, -0.1) is 10.2 Å². The number of hydrogen-bond acceptors (Lipinski definition) is 5. The third-order valence-electron chi connectivity index (χ3n) is 3.22. The number of benzene rings is 1. The van der Waals surface area contributed by atoms with Gasteiger partial charge in [-0.25, -0.2) is 0 Å². The highest BCUT2D eigenvalue weighted by Gasteiger charge is 2.11. The lowest BCUT2D eigenvalue weighted by Crippen LogP contribution is -2.38. The van der Waals surface area contributed by atoms with Crippen molar-refractivity contribution in [2.75, 3.05) is 6.61 Å². The monoisotopic (exact) mass is 289 g/mol. The fourth-order valence-electron chi connectivity index (χ4n) is 1.60. The molecule has 6 nitrogen and oxygen atoms in total. The van der Waals surface area contributed by atoms with Crippen LogP contribution in [-0.2, 0) is 4.79 Å². The molecule has 0 spiro atoms. The first-order valence-corrected chi connectivity index (χ1v) is 6.85. The molecule has 2 rings (SSSR count). The molecule has 1 aromatic carbocycles. The van der Waals surface area contributed by atoms with Crippen LogP contribution in [0.3, 0.4) is 0 Å². The van der Waals surface area contributed by atoms with Gasteiger partial charge in [0.05, 0.1) is 0 Å². The lowest BCUT2D eigenvalue weighted by Gasteiger charge is -2.17. The van der Waals surface area contributed by atoms with Gasteiger partial charge in [0.15, 0.2) is 6.61 Å². The Bertz CT molecular complexity index is 564. The van der Waals surface area contributed by atoms with Gasteiger partial charge in [0.25, 0.3) is 5.91 Å². The summed E-state index contributed by atoms with van der Waals surface area (Å²) in [6, 6.07) is 7.26. The summed E-state index contributed by atoms with van der Waals surface area (Å²) in [5.74, 6) is 1.33. The molecular weight excluding hydrogens is 270 g/mol. The van der Waals surface area contributed by atoms with Crippen molar-refractivity contribution in [2.45, 2.75) is 26.8 Å². The van der Waals surface area contributed by atoms with Gasteiger partial charge in [-0.1, -0.05) is 13.8 Å². The average molecular weight is 289 g/mol. The van der Waals surface area contributed by atoms with Crippen LogP contribution in [0.25, 0.3) is 11.5 Å². The summed E-state index contributed by atoms with van der Waals surface area (Å²) in [4.78, 5) is 11.7. The molecule has 0 aliphatic heterocycles. The summed E-state index contributed by atoms with van der Waals surface area (Å²) in [5, 5.41) is 10.3. The van der Waals surface area contributed by atoms with Crippen LogP contribution in [0.4, 0.5) is 0 Å². The summed E-state index contributed by atoms with van der Waals surface area (Å²) in [6.45, 7) is 6.09. The van der Waals surface area contributed by atoms with Crippen LogP contribution >= 0.6 is 0 Å². The Morgan fingerprint density at radius 3 is 2.57 bits per heavy atom. The van der Waals surface area contributed by atoms with Gasteiger partial charge in [0.2, 0.25) is 12.3 Å². The number of nitrogens with zero attached hydrogens (tertiary/aromatic N) is 2. The maximum Gasteiger partial charge on any atom is 0.258 e. The lowest BCUT2D eigenvalue weighted by molar-refractivity contribution is -0.124. The van der Waals surface area contributed by atoms with Crippen LogP contribution in [0.1, 0.15) is 20.8 Å². The molecule has 0 saturated heterocycles. The second kappa shape index (κ2) is 6.88. The summed E-state index contributed by atoms with van der Waals surface area (Å²) in [6.07, 6.45) is 1.28. The molecule has 1 heterocycles. The number of rotatable bonds is 6. The first-order chi connectivity index (χ1) is 10.1.